The number of fused-ring (bicyclic) bond motifs is 1. The zero-order chi connectivity index (χ0) is 11.1. The molecule has 3 heterocycles. The number of nitrogens with zero attached hydrogens (tertiary/aromatic N) is 5. The Balaban J connectivity index is 2.30. The van der Waals surface area contributed by atoms with Crippen LogP contribution in [0.2, 0.25) is 0 Å². The van der Waals surface area contributed by atoms with Gasteiger partial charge in [0.2, 0.25) is 4.77 Å². The van der Waals surface area contributed by atoms with Crippen molar-refractivity contribution in [3.63, 3.8) is 0 Å². The van der Waals surface area contributed by atoms with Gasteiger partial charge < -0.3 is 0 Å². The molecule has 0 saturated heterocycles. The molecule has 1 N–H and O–H groups in total. The van der Waals surface area contributed by atoms with Crippen LogP contribution in [-0.2, 0) is 7.05 Å². The first-order valence-corrected chi connectivity index (χ1v) is 5.07. The van der Waals surface area contributed by atoms with E-state index < -0.39 is 0 Å². The Morgan fingerprint density at radius 2 is 2.25 bits per heavy atom. The Kier molecular flexibility index (Phi) is 1.87. The molecule has 3 aromatic heterocycles. The van der Waals surface area contributed by atoms with Gasteiger partial charge >= 0.3 is 0 Å². The lowest BCUT2D eigenvalue weighted by molar-refractivity contribution is 0.756. The van der Waals surface area contributed by atoms with Gasteiger partial charge in [-0.2, -0.15) is 10.1 Å². The van der Waals surface area contributed by atoms with Crippen LogP contribution < -0.4 is 0 Å². The van der Waals surface area contributed by atoms with Gasteiger partial charge in [0.05, 0.1) is 23.5 Å². The third kappa shape index (κ3) is 1.25. The number of hydrogen-bond donors (Lipinski definition) is 1. The lowest BCUT2D eigenvalue weighted by Gasteiger charge is -1.93. The quantitative estimate of drug-likeness (QED) is 0.640. The van der Waals surface area contributed by atoms with E-state index in [9.17, 15) is 0 Å². The first-order valence-electron chi connectivity index (χ1n) is 4.66. The van der Waals surface area contributed by atoms with E-state index in [1.54, 1.807) is 34.0 Å². The summed E-state index contributed by atoms with van der Waals surface area (Å²) in [6, 6.07) is 0. The number of aryl methyl sites for hydroxylation is 1. The molecule has 0 bridgehead atoms. The van der Waals surface area contributed by atoms with Crippen molar-refractivity contribution < 1.29 is 0 Å². The largest absolute Gasteiger partial charge is 0.279 e. The van der Waals surface area contributed by atoms with Crippen molar-refractivity contribution >= 4 is 17.7 Å². The highest BCUT2D eigenvalue weighted by Crippen LogP contribution is 2.19. The standard InChI is InChI=1S/C9H8N6S/c1-14-9(16)12-8(13-14)6-4-11-15-3-2-10-5-7(6)15/h2-5H,1H3,(H,12,13,16). The van der Waals surface area contributed by atoms with E-state index in [1.807, 2.05) is 7.05 Å². The monoisotopic (exact) mass is 232 g/mol. The molecule has 0 spiro atoms. The highest BCUT2D eigenvalue weighted by molar-refractivity contribution is 7.71. The van der Waals surface area contributed by atoms with E-state index in [2.05, 4.69) is 20.2 Å². The summed E-state index contributed by atoms with van der Waals surface area (Å²) in [5.74, 6) is 0.704. The fourth-order valence-electron chi connectivity index (χ4n) is 1.54. The van der Waals surface area contributed by atoms with Gasteiger partial charge in [0.1, 0.15) is 0 Å². The molecule has 0 aliphatic carbocycles. The van der Waals surface area contributed by atoms with Crippen molar-refractivity contribution in [3.05, 3.63) is 29.6 Å². The van der Waals surface area contributed by atoms with E-state index in [1.165, 1.54) is 0 Å². The van der Waals surface area contributed by atoms with Crippen LogP contribution in [0.1, 0.15) is 0 Å². The third-order valence-corrected chi connectivity index (χ3v) is 2.71. The molecule has 3 rings (SSSR count). The highest BCUT2D eigenvalue weighted by Gasteiger charge is 2.09. The Morgan fingerprint density at radius 1 is 1.38 bits per heavy atom. The smallest absolute Gasteiger partial charge is 0.216 e. The average Bonchev–Trinajstić information content (AvgIpc) is 2.83. The number of H-pyrrole nitrogens is 1. The molecule has 0 aliphatic heterocycles. The fourth-order valence-corrected chi connectivity index (χ4v) is 1.68. The van der Waals surface area contributed by atoms with Crippen LogP contribution in [0.25, 0.3) is 16.9 Å². The summed E-state index contributed by atoms with van der Waals surface area (Å²) in [6.07, 6.45) is 6.96. The molecule has 0 saturated carbocycles. The average molecular weight is 232 g/mol. The van der Waals surface area contributed by atoms with Crippen LogP contribution in [0.5, 0.6) is 0 Å². The lowest BCUT2D eigenvalue weighted by Crippen LogP contribution is -1.89. The van der Waals surface area contributed by atoms with Crippen molar-refractivity contribution in [1.29, 1.82) is 0 Å². The predicted octanol–water partition coefficient (Wildman–Crippen LogP) is 1.19. The van der Waals surface area contributed by atoms with Crippen molar-refractivity contribution in [2.45, 2.75) is 0 Å². The Bertz CT molecular complexity index is 706. The van der Waals surface area contributed by atoms with Crippen LogP contribution in [0, 0.1) is 4.77 Å². The second-order valence-electron chi connectivity index (χ2n) is 3.38. The molecule has 0 fully saturated rings. The van der Waals surface area contributed by atoms with Crippen LogP contribution >= 0.6 is 12.2 Å². The minimum Gasteiger partial charge on any atom is -0.279 e. The molecule has 80 valence electrons. The summed E-state index contributed by atoms with van der Waals surface area (Å²) in [5.41, 5.74) is 1.78. The second kappa shape index (κ2) is 3.24. The number of nitrogens with one attached hydrogen (secondary N) is 1. The molecule has 7 heteroatoms. The minimum atomic E-state index is 0.512. The summed E-state index contributed by atoms with van der Waals surface area (Å²) in [7, 11) is 1.82. The fraction of sp³-hybridized carbons (Fsp3) is 0.111. The molecule has 0 atom stereocenters. The zero-order valence-corrected chi connectivity index (χ0v) is 9.27. The van der Waals surface area contributed by atoms with Gasteiger partial charge in [-0.1, -0.05) is 0 Å². The molecule has 16 heavy (non-hydrogen) atoms. The SMILES string of the molecule is Cn1[nH]c(-c2cnn3ccncc23)nc1=S. The Morgan fingerprint density at radius 3 is 3.00 bits per heavy atom. The first-order chi connectivity index (χ1) is 7.75. The summed E-state index contributed by atoms with van der Waals surface area (Å²) < 4.78 is 3.94. The summed E-state index contributed by atoms with van der Waals surface area (Å²) in [5, 5.41) is 7.27. The van der Waals surface area contributed by atoms with Crippen LogP contribution in [-0.4, -0.2) is 29.4 Å². The Labute approximate surface area is 95.6 Å². The molecule has 0 aliphatic rings. The molecule has 6 nitrogen and oxygen atoms in total. The topological polar surface area (TPSA) is 63.8 Å². The van der Waals surface area contributed by atoms with Crippen molar-refractivity contribution in [2.24, 2.45) is 7.05 Å². The Hall–Kier alpha value is -2.02. The molecule has 0 aromatic carbocycles. The van der Waals surface area contributed by atoms with Crippen LogP contribution in [0.4, 0.5) is 0 Å². The maximum atomic E-state index is 5.05. The van der Waals surface area contributed by atoms with Crippen molar-refractivity contribution in [3.8, 4) is 11.4 Å². The first kappa shape index (κ1) is 9.22. The van der Waals surface area contributed by atoms with E-state index in [4.69, 9.17) is 12.2 Å². The van der Waals surface area contributed by atoms with E-state index in [0.717, 1.165) is 11.1 Å². The zero-order valence-electron chi connectivity index (χ0n) is 8.45. The minimum absolute atomic E-state index is 0.512. The maximum absolute atomic E-state index is 5.05. The van der Waals surface area contributed by atoms with Crippen molar-refractivity contribution in [1.82, 2.24) is 29.4 Å². The van der Waals surface area contributed by atoms with Gasteiger partial charge in [0, 0.05) is 19.4 Å². The molecule has 0 unspecified atom stereocenters. The van der Waals surface area contributed by atoms with Gasteiger partial charge in [-0.3, -0.25) is 14.8 Å². The van der Waals surface area contributed by atoms with E-state index in [-0.39, 0.29) is 0 Å². The summed E-state index contributed by atoms with van der Waals surface area (Å²) in [4.78, 5) is 8.31. The van der Waals surface area contributed by atoms with Gasteiger partial charge in [-0.15, -0.1) is 0 Å². The molecule has 0 radical (unpaired) electrons. The molecular weight excluding hydrogens is 224 g/mol. The van der Waals surface area contributed by atoms with Gasteiger partial charge in [0.25, 0.3) is 0 Å². The van der Waals surface area contributed by atoms with Gasteiger partial charge in [0.15, 0.2) is 5.82 Å². The van der Waals surface area contributed by atoms with Crippen LogP contribution in [0.15, 0.2) is 24.8 Å². The number of aromatic amines is 1. The normalized spacial score (nSPS) is 11.1. The predicted molar refractivity (Wildman–Crippen MR) is 60.4 cm³/mol. The van der Waals surface area contributed by atoms with Gasteiger partial charge in [-0.25, -0.2) is 4.52 Å². The third-order valence-electron chi connectivity index (χ3n) is 2.35. The van der Waals surface area contributed by atoms with E-state index in [0.29, 0.717) is 10.6 Å². The summed E-state index contributed by atoms with van der Waals surface area (Å²) in [6.45, 7) is 0. The number of aromatic nitrogens is 6. The number of rotatable bonds is 1. The van der Waals surface area contributed by atoms with Crippen LogP contribution in [0.3, 0.4) is 0 Å². The van der Waals surface area contributed by atoms with E-state index >= 15 is 0 Å². The molecule has 3 aromatic rings. The maximum Gasteiger partial charge on any atom is 0.216 e. The number of hydrogen-bond acceptors (Lipinski definition) is 4. The van der Waals surface area contributed by atoms with Gasteiger partial charge in [-0.05, 0) is 12.2 Å². The molecular formula is C9H8N6S. The second-order valence-corrected chi connectivity index (χ2v) is 3.74. The van der Waals surface area contributed by atoms with Crippen molar-refractivity contribution in [2.75, 3.05) is 0 Å². The summed E-state index contributed by atoms with van der Waals surface area (Å²) >= 11 is 5.05. The lowest BCUT2D eigenvalue weighted by atomic mass is 10.3. The molecule has 0 amide bonds. The highest BCUT2D eigenvalue weighted by atomic mass is 32.1.